The van der Waals surface area contributed by atoms with Gasteiger partial charge in [0, 0.05) is 12.6 Å². The summed E-state index contributed by atoms with van der Waals surface area (Å²) < 4.78 is 5.89. The molecule has 114 valence electrons. The SMILES string of the molecule is CCCCCCCCCC(NN)C(OCC)C1CC1. The predicted octanol–water partition coefficient (Wildman–Crippen LogP) is 3.77. The van der Waals surface area contributed by atoms with Crippen molar-refractivity contribution in [2.24, 2.45) is 11.8 Å². The first-order chi connectivity index (χ1) is 9.33. The van der Waals surface area contributed by atoms with Crippen LogP contribution in [0.15, 0.2) is 0 Å². The van der Waals surface area contributed by atoms with E-state index >= 15 is 0 Å². The topological polar surface area (TPSA) is 47.3 Å². The van der Waals surface area contributed by atoms with Gasteiger partial charge in [-0.3, -0.25) is 11.3 Å². The second-order valence-electron chi connectivity index (χ2n) is 5.94. The molecule has 1 fully saturated rings. The lowest BCUT2D eigenvalue weighted by atomic mass is 9.99. The number of rotatable bonds is 13. The van der Waals surface area contributed by atoms with Gasteiger partial charge < -0.3 is 4.74 Å². The molecule has 1 rings (SSSR count). The van der Waals surface area contributed by atoms with E-state index in [1.165, 1.54) is 57.8 Å². The van der Waals surface area contributed by atoms with E-state index in [9.17, 15) is 0 Å². The highest BCUT2D eigenvalue weighted by Gasteiger charge is 2.36. The van der Waals surface area contributed by atoms with Gasteiger partial charge in [0.25, 0.3) is 0 Å². The third kappa shape index (κ3) is 7.28. The minimum atomic E-state index is 0.343. The summed E-state index contributed by atoms with van der Waals surface area (Å²) in [4.78, 5) is 0. The minimum Gasteiger partial charge on any atom is -0.377 e. The van der Waals surface area contributed by atoms with Crippen LogP contribution in [0.25, 0.3) is 0 Å². The van der Waals surface area contributed by atoms with E-state index in [1.54, 1.807) is 0 Å². The molecule has 1 saturated carbocycles. The lowest BCUT2D eigenvalue weighted by Gasteiger charge is -2.26. The van der Waals surface area contributed by atoms with Gasteiger partial charge in [-0.2, -0.15) is 0 Å². The van der Waals surface area contributed by atoms with Crippen LogP contribution in [0.1, 0.15) is 78.1 Å². The van der Waals surface area contributed by atoms with Gasteiger partial charge in [-0.15, -0.1) is 0 Å². The fourth-order valence-corrected chi connectivity index (χ4v) is 2.86. The Hall–Kier alpha value is -0.120. The predicted molar refractivity (Wildman–Crippen MR) is 81.9 cm³/mol. The molecule has 0 bridgehead atoms. The molecular weight excluding hydrogens is 236 g/mol. The fourth-order valence-electron chi connectivity index (χ4n) is 2.86. The highest BCUT2D eigenvalue weighted by Crippen LogP contribution is 2.36. The molecule has 3 nitrogen and oxygen atoms in total. The summed E-state index contributed by atoms with van der Waals surface area (Å²) in [7, 11) is 0. The molecule has 19 heavy (non-hydrogen) atoms. The van der Waals surface area contributed by atoms with E-state index in [1.807, 2.05) is 0 Å². The average molecular weight is 270 g/mol. The monoisotopic (exact) mass is 270 g/mol. The molecule has 2 atom stereocenters. The van der Waals surface area contributed by atoms with Gasteiger partial charge in [0.2, 0.25) is 0 Å². The number of hydrogen-bond donors (Lipinski definition) is 2. The molecule has 0 aromatic carbocycles. The maximum absolute atomic E-state index is 5.89. The van der Waals surface area contributed by atoms with Gasteiger partial charge in [0.15, 0.2) is 0 Å². The van der Waals surface area contributed by atoms with Crippen LogP contribution < -0.4 is 11.3 Å². The van der Waals surface area contributed by atoms with Gasteiger partial charge >= 0.3 is 0 Å². The second-order valence-corrected chi connectivity index (χ2v) is 5.94. The Labute approximate surface area is 119 Å². The highest BCUT2D eigenvalue weighted by atomic mass is 16.5. The lowest BCUT2D eigenvalue weighted by molar-refractivity contribution is 0.0163. The number of ether oxygens (including phenoxy) is 1. The van der Waals surface area contributed by atoms with Crippen LogP contribution in [0.3, 0.4) is 0 Å². The number of hydrogen-bond acceptors (Lipinski definition) is 3. The molecule has 0 heterocycles. The summed E-state index contributed by atoms with van der Waals surface area (Å²) in [5.74, 6) is 6.48. The molecule has 0 saturated heterocycles. The van der Waals surface area contributed by atoms with Crippen molar-refractivity contribution in [3.63, 3.8) is 0 Å². The van der Waals surface area contributed by atoms with E-state index in [4.69, 9.17) is 10.6 Å². The second kappa shape index (κ2) is 10.6. The molecule has 0 aromatic heterocycles. The van der Waals surface area contributed by atoms with Crippen molar-refractivity contribution in [2.75, 3.05) is 6.61 Å². The van der Waals surface area contributed by atoms with Crippen LogP contribution in [-0.2, 0) is 4.74 Å². The van der Waals surface area contributed by atoms with Crippen molar-refractivity contribution in [1.29, 1.82) is 0 Å². The molecule has 1 aliphatic rings. The van der Waals surface area contributed by atoms with Crippen molar-refractivity contribution in [3.8, 4) is 0 Å². The number of nitrogens with one attached hydrogen (secondary N) is 1. The Morgan fingerprint density at radius 2 is 1.68 bits per heavy atom. The van der Waals surface area contributed by atoms with E-state index in [0.29, 0.717) is 12.1 Å². The van der Waals surface area contributed by atoms with E-state index in [2.05, 4.69) is 19.3 Å². The summed E-state index contributed by atoms with van der Waals surface area (Å²) in [6.07, 6.45) is 13.6. The zero-order chi connectivity index (χ0) is 13.9. The van der Waals surface area contributed by atoms with Gasteiger partial charge in [-0.05, 0) is 32.1 Å². The Morgan fingerprint density at radius 3 is 2.21 bits per heavy atom. The third-order valence-corrected chi connectivity index (χ3v) is 4.18. The minimum absolute atomic E-state index is 0.343. The molecule has 2 unspecified atom stereocenters. The van der Waals surface area contributed by atoms with Crippen molar-refractivity contribution in [2.45, 2.75) is 90.2 Å². The number of hydrazine groups is 1. The van der Waals surface area contributed by atoms with Crippen molar-refractivity contribution < 1.29 is 4.74 Å². The fraction of sp³-hybridized carbons (Fsp3) is 1.00. The van der Waals surface area contributed by atoms with Gasteiger partial charge in [0.1, 0.15) is 0 Å². The molecule has 0 aliphatic heterocycles. The number of nitrogens with two attached hydrogens (primary N) is 1. The normalized spacial score (nSPS) is 18.5. The standard InChI is InChI=1S/C16H34N2O/c1-3-5-6-7-8-9-10-11-15(18-17)16(19-4-2)14-12-13-14/h14-16,18H,3-13,17H2,1-2H3. The summed E-state index contributed by atoms with van der Waals surface area (Å²) in [6.45, 7) is 5.15. The van der Waals surface area contributed by atoms with E-state index in [0.717, 1.165) is 18.9 Å². The van der Waals surface area contributed by atoms with Crippen molar-refractivity contribution >= 4 is 0 Å². The maximum Gasteiger partial charge on any atom is 0.0769 e. The molecule has 3 N–H and O–H groups in total. The molecule has 1 aliphatic carbocycles. The van der Waals surface area contributed by atoms with Crippen molar-refractivity contribution in [1.82, 2.24) is 5.43 Å². The van der Waals surface area contributed by atoms with Crippen LogP contribution in [0, 0.1) is 5.92 Å². The number of unbranched alkanes of at least 4 members (excludes halogenated alkanes) is 6. The van der Waals surface area contributed by atoms with E-state index in [-0.39, 0.29) is 0 Å². The largest absolute Gasteiger partial charge is 0.377 e. The first-order valence-electron chi connectivity index (χ1n) is 8.41. The summed E-state index contributed by atoms with van der Waals surface area (Å²) in [5.41, 5.74) is 2.99. The van der Waals surface area contributed by atoms with Crippen LogP contribution in [-0.4, -0.2) is 18.8 Å². The van der Waals surface area contributed by atoms with Crippen LogP contribution >= 0.6 is 0 Å². The van der Waals surface area contributed by atoms with Crippen LogP contribution in [0.5, 0.6) is 0 Å². The average Bonchev–Trinajstić information content (AvgIpc) is 3.24. The van der Waals surface area contributed by atoms with Gasteiger partial charge in [0.05, 0.1) is 6.10 Å². The summed E-state index contributed by atoms with van der Waals surface area (Å²) in [6, 6.07) is 0.350. The molecule has 0 amide bonds. The van der Waals surface area contributed by atoms with Crippen molar-refractivity contribution in [3.05, 3.63) is 0 Å². The van der Waals surface area contributed by atoms with Crippen LogP contribution in [0.2, 0.25) is 0 Å². The van der Waals surface area contributed by atoms with E-state index < -0.39 is 0 Å². The maximum atomic E-state index is 5.89. The zero-order valence-electron chi connectivity index (χ0n) is 13.0. The molecule has 0 aromatic rings. The Morgan fingerprint density at radius 1 is 1.05 bits per heavy atom. The van der Waals surface area contributed by atoms with Gasteiger partial charge in [-0.1, -0.05) is 51.9 Å². The quantitative estimate of drug-likeness (QED) is 0.304. The molecular formula is C16H34N2O. The third-order valence-electron chi connectivity index (χ3n) is 4.18. The smallest absolute Gasteiger partial charge is 0.0769 e. The lowest BCUT2D eigenvalue weighted by Crippen LogP contribution is -2.46. The first kappa shape index (κ1) is 16.9. The molecule has 0 radical (unpaired) electrons. The van der Waals surface area contributed by atoms with Gasteiger partial charge in [-0.25, -0.2) is 0 Å². The van der Waals surface area contributed by atoms with Crippen LogP contribution in [0.4, 0.5) is 0 Å². The highest BCUT2D eigenvalue weighted by molar-refractivity contribution is 4.89. The summed E-state index contributed by atoms with van der Waals surface area (Å²) in [5, 5.41) is 0. The Bertz CT molecular complexity index is 207. The zero-order valence-corrected chi connectivity index (χ0v) is 13.0. The Balaban J connectivity index is 2.09. The first-order valence-corrected chi connectivity index (χ1v) is 8.41. The Kier molecular flexibility index (Phi) is 9.48. The summed E-state index contributed by atoms with van der Waals surface area (Å²) >= 11 is 0. The molecule has 0 spiro atoms. The molecule has 3 heteroatoms.